The molecule has 0 aliphatic rings. The zero-order chi connectivity index (χ0) is 12.3. The number of nitrogens with one attached hydrogen (secondary N) is 2. The van der Waals surface area contributed by atoms with E-state index in [1.807, 2.05) is 31.3 Å². The third kappa shape index (κ3) is 2.25. The van der Waals surface area contributed by atoms with Gasteiger partial charge >= 0.3 is 0 Å². The van der Waals surface area contributed by atoms with Crippen molar-refractivity contribution in [1.82, 2.24) is 15.5 Å². The van der Waals surface area contributed by atoms with Crippen LogP contribution in [0, 0.1) is 0 Å². The summed E-state index contributed by atoms with van der Waals surface area (Å²) in [7, 11) is 3.35. The minimum absolute atomic E-state index is 0.0280. The van der Waals surface area contributed by atoms with Crippen LogP contribution in [0.25, 0.3) is 11.5 Å². The van der Waals surface area contributed by atoms with Crippen LogP contribution in [0.1, 0.15) is 10.6 Å². The molecular weight excluding hydrogens is 220 g/mol. The van der Waals surface area contributed by atoms with Crippen LogP contribution in [0.5, 0.6) is 0 Å². The van der Waals surface area contributed by atoms with Gasteiger partial charge in [-0.25, -0.2) is 0 Å². The quantitative estimate of drug-likeness (QED) is 0.829. The maximum absolute atomic E-state index is 11.3. The summed E-state index contributed by atoms with van der Waals surface area (Å²) >= 11 is 0. The van der Waals surface area contributed by atoms with Crippen LogP contribution < -0.4 is 10.6 Å². The van der Waals surface area contributed by atoms with Gasteiger partial charge < -0.3 is 15.2 Å². The zero-order valence-electron chi connectivity index (χ0n) is 9.52. The van der Waals surface area contributed by atoms with Crippen molar-refractivity contribution in [1.29, 1.82) is 0 Å². The number of carbonyl (C=O) groups excluding carboxylic acids is 1. The standard InChI is InChI=1S/C11H12N4O2/c1-12-8-5-3-7(4-6-8)11-14-9(15-17-11)10(16)13-2/h3-6,12H,1-2H3,(H,13,16). The number of amides is 1. The van der Waals surface area contributed by atoms with Crippen LogP contribution >= 0.6 is 0 Å². The van der Waals surface area contributed by atoms with Gasteiger partial charge in [-0.2, -0.15) is 4.98 Å². The highest BCUT2D eigenvalue weighted by Crippen LogP contribution is 2.19. The molecule has 2 N–H and O–H groups in total. The van der Waals surface area contributed by atoms with Crippen molar-refractivity contribution in [2.24, 2.45) is 0 Å². The van der Waals surface area contributed by atoms with Gasteiger partial charge in [0.25, 0.3) is 17.6 Å². The van der Waals surface area contributed by atoms with Crippen LogP contribution in [-0.4, -0.2) is 30.1 Å². The second kappa shape index (κ2) is 4.65. The number of aromatic nitrogens is 2. The molecule has 1 aromatic heterocycles. The van der Waals surface area contributed by atoms with E-state index in [1.54, 1.807) is 0 Å². The van der Waals surface area contributed by atoms with Crippen LogP contribution in [0.15, 0.2) is 28.8 Å². The van der Waals surface area contributed by atoms with E-state index < -0.39 is 0 Å². The first-order valence-electron chi connectivity index (χ1n) is 5.08. The summed E-state index contributed by atoms with van der Waals surface area (Å²) < 4.78 is 5.00. The molecule has 2 rings (SSSR count). The van der Waals surface area contributed by atoms with Gasteiger partial charge in [0.05, 0.1) is 0 Å². The summed E-state index contributed by atoms with van der Waals surface area (Å²) in [6.07, 6.45) is 0. The highest BCUT2D eigenvalue weighted by molar-refractivity contribution is 5.90. The molecule has 1 amide bonds. The van der Waals surface area contributed by atoms with Gasteiger partial charge in [0, 0.05) is 25.3 Å². The van der Waals surface area contributed by atoms with Crippen molar-refractivity contribution < 1.29 is 9.32 Å². The lowest BCUT2D eigenvalue weighted by Crippen LogP contribution is -2.19. The van der Waals surface area contributed by atoms with Gasteiger partial charge in [-0.05, 0) is 24.3 Å². The Morgan fingerprint density at radius 2 is 1.94 bits per heavy atom. The molecule has 0 aliphatic heterocycles. The summed E-state index contributed by atoms with van der Waals surface area (Å²) in [6, 6.07) is 7.46. The number of carbonyl (C=O) groups is 1. The number of anilines is 1. The van der Waals surface area contributed by atoms with Gasteiger partial charge in [-0.3, -0.25) is 4.79 Å². The average molecular weight is 232 g/mol. The molecule has 1 aromatic carbocycles. The largest absolute Gasteiger partial charge is 0.388 e. The molecule has 0 saturated heterocycles. The highest BCUT2D eigenvalue weighted by atomic mass is 16.5. The lowest BCUT2D eigenvalue weighted by atomic mass is 10.2. The summed E-state index contributed by atoms with van der Waals surface area (Å²) in [6.45, 7) is 0. The number of rotatable bonds is 3. The molecule has 6 nitrogen and oxygen atoms in total. The van der Waals surface area contributed by atoms with Crippen molar-refractivity contribution in [3.8, 4) is 11.5 Å². The van der Waals surface area contributed by atoms with E-state index in [0.29, 0.717) is 5.89 Å². The molecule has 0 bridgehead atoms. The lowest BCUT2D eigenvalue weighted by Gasteiger charge is -1.99. The fourth-order valence-electron chi connectivity index (χ4n) is 1.32. The van der Waals surface area contributed by atoms with Crippen LogP contribution in [0.4, 0.5) is 5.69 Å². The Morgan fingerprint density at radius 1 is 1.24 bits per heavy atom. The second-order valence-electron chi connectivity index (χ2n) is 3.33. The smallest absolute Gasteiger partial charge is 0.292 e. The Bertz CT molecular complexity index is 519. The number of benzene rings is 1. The molecule has 88 valence electrons. The maximum atomic E-state index is 11.3. The van der Waals surface area contributed by atoms with E-state index in [0.717, 1.165) is 11.3 Å². The van der Waals surface area contributed by atoms with Crippen LogP contribution in [0.3, 0.4) is 0 Å². The normalized spacial score (nSPS) is 10.0. The Hall–Kier alpha value is -2.37. The third-order valence-electron chi connectivity index (χ3n) is 2.28. The molecule has 0 spiro atoms. The van der Waals surface area contributed by atoms with Gasteiger partial charge in [0.2, 0.25) is 0 Å². The summed E-state index contributed by atoms with van der Waals surface area (Å²) in [5, 5.41) is 9.03. The zero-order valence-corrected chi connectivity index (χ0v) is 9.52. The molecule has 0 saturated carbocycles. The summed E-state index contributed by atoms with van der Waals surface area (Å²) in [5.41, 5.74) is 1.76. The van der Waals surface area contributed by atoms with Gasteiger partial charge in [0.15, 0.2) is 0 Å². The Balaban J connectivity index is 2.27. The first-order chi connectivity index (χ1) is 8.24. The van der Waals surface area contributed by atoms with Crippen molar-refractivity contribution in [3.05, 3.63) is 30.1 Å². The summed E-state index contributed by atoms with van der Waals surface area (Å²) in [5.74, 6) is -0.0155. The highest BCUT2D eigenvalue weighted by Gasteiger charge is 2.13. The van der Waals surface area contributed by atoms with Crippen LogP contribution in [-0.2, 0) is 0 Å². The fraction of sp³-hybridized carbons (Fsp3) is 0.182. The molecule has 0 atom stereocenters. The van der Waals surface area contributed by atoms with Crippen LogP contribution in [0.2, 0.25) is 0 Å². The molecule has 17 heavy (non-hydrogen) atoms. The third-order valence-corrected chi connectivity index (χ3v) is 2.28. The minimum atomic E-state index is -0.369. The molecule has 0 radical (unpaired) electrons. The molecule has 0 fully saturated rings. The van der Waals surface area contributed by atoms with Crippen molar-refractivity contribution in [3.63, 3.8) is 0 Å². The van der Waals surface area contributed by atoms with E-state index in [9.17, 15) is 4.79 Å². The first kappa shape index (κ1) is 11.1. The first-order valence-corrected chi connectivity index (χ1v) is 5.08. The van der Waals surface area contributed by atoms with E-state index in [2.05, 4.69) is 20.8 Å². The van der Waals surface area contributed by atoms with E-state index >= 15 is 0 Å². The molecule has 2 aromatic rings. The van der Waals surface area contributed by atoms with E-state index in [-0.39, 0.29) is 11.7 Å². The van der Waals surface area contributed by atoms with Crippen molar-refractivity contribution in [2.45, 2.75) is 0 Å². The molecule has 6 heteroatoms. The Kier molecular flexibility index (Phi) is 3.04. The van der Waals surface area contributed by atoms with Crippen molar-refractivity contribution in [2.75, 3.05) is 19.4 Å². The number of hydrogen-bond donors (Lipinski definition) is 2. The van der Waals surface area contributed by atoms with Gasteiger partial charge in [-0.1, -0.05) is 5.16 Å². The SMILES string of the molecule is CNC(=O)c1noc(-c2ccc(NC)cc2)n1. The van der Waals surface area contributed by atoms with E-state index in [1.165, 1.54) is 7.05 Å². The van der Waals surface area contributed by atoms with E-state index in [4.69, 9.17) is 4.52 Å². The Morgan fingerprint density at radius 3 is 2.53 bits per heavy atom. The van der Waals surface area contributed by atoms with Crippen molar-refractivity contribution >= 4 is 11.6 Å². The topological polar surface area (TPSA) is 80.0 Å². The molecular formula is C11H12N4O2. The summed E-state index contributed by atoms with van der Waals surface area (Å²) in [4.78, 5) is 15.2. The minimum Gasteiger partial charge on any atom is -0.388 e. The monoisotopic (exact) mass is 232 g/mol. The van der Waals surface area contributed by atoms with Gasteiger partial charge in [0.1, 0.15) is 0 Å². The molecule has 0 unspecified atom stereocenters. The molecule has 0 aliphatic carbocycles. The number of hydrogen-bond acceptors (Lipinski definition) is 5. The maximum Gasteiger partial charge on any atom is 0.292 e. The Labute approximate surface area is 98.0 Å². The predicted octanol–water partition coefficient (Wildman–Crippen LogP) is 1.14. The number of nitrogens with zero attached hydrogens (tertiary/aromatic N) is 2. The predicted molar refractivity (Wildman–Crippen MR) is 62.7 cm³/mol. The van der Waals surface area contributed by atoms with Gasteiger partial charge in [-0.15, -0.1) is 0 Å². The molecule has 1 heterocycles. The average Bonchev–Trinajstić information content (AvgIpc) is 2.87. The lowest BCUT2D eigenvalue weighted by molar-refractivity contribution is 0.0950. The fourth-order valence-corrected chi connectivity index (χ4v) is 1.32. The second-order valence-corrected chi connectivity index (χ2v) is 3.33.